The van der Waals surface area contributed by atoms with Crippen LogP contribution in [-0.2, 0) is 0 Å². The highest BCUT2D eigenvalue weighted by molar-refractivity contribution is 9.10. The molecule has 0 bridgehead atoms. The molecule has 0 amide bonds. The van der Waals surface area contributed by atoms with Crippen molar-refractivity contribution in [3.05, 3.63) is 10.5 Å². The molecular weight excluding hydrogens is 218 g/mol. The van der Waals surface area contributed by atoms with Gasteiger partial charge < -0.3 is 15.6 Å². The van der Waals surface area contributed by atoms with Crippen molar-refractivity contribution in [2.45, 2.75) is 13.8 Å². The molecule has 0 saturated heterocycles. The fourth-order valence-electron chi connectivity index (χ4n) is 1.21. The molecule has 0 fully saturated rings. The normalized spacial score (nSPS) is 10.2. The second kappa shape index (κ2) is 3.85. The minimum atomic E-state index is 0.698. The van der Waals surface area contributed by atoms with Crippen LogP contribution in [0.3, 0.4) is 0 Å². The number of hydrogen-bond acceptors (Lipinski definition) is 2. The summed E-state index contributed by atoms with van der Waals surface area (Å²) in [5.41, 5.74) is 5.61. The zero-order chi connectivity index (χ0) is 9.14. The molecule has 0 spiro atoms. The molecule has 3 nitrogen and oxygen atoms in total. The highest BCUT2D eigenvalue weighted by Gasteiger charge is 2.08. The Kier molecular flexibility index (Phi) is 3.03. The molecule has 0 aliphatic heterocycles. The van der Waals surface area contributed by atoms with Crippen LogP contribution in [0.15, 0.2) is 10.5 Å². The van der Waals surface area contributed by atoms with E-state index in [1.54, 1.807) is 0 Å². The number of rotatable bonds is 3. The maximum absolute atomic E-state index is 5.61. The van der Waals surface area contributed by atoms with E-state index in [0.29, 0.717) is 5.82 Å². The quantitative estimate of drug-likeness (QED) is 0.839. The van der Waals surface area contributed by atoms with Crippen LogP contribution in [0.2, 0.25) is 0 Å². The number of nitrogen functional groups attached to an aromatic ring is 1. The molecule has 12 heavy (non-hydrogen) atoms. The fourth-order valence-corrected chi connectivity index (χ4v) is 1.80. The number of aromatic nitrogens is 1. The predicted octanol–water partition coefficient (Wildman–Crippen LogP) is 2.21. The maximum Gasteiger partial charge on any atom is 0.122 e. The van der Waals surface area contributed by atoms with Crippen molar-refractivity contribution in [3.63, 3.8) is 0 Å². The third kappa shape index (κ3) is 1.75. The van der Waals surface area contributed by atoms with Crippen LogP contribution in [0, 0.1) is 0 Å². The van der Waals surface area contributed by atoms with E-state index < -0.39 is 0 Å². The van der Waals surface area contributed by atoms with E-state index in [1.165, 1.54) is 0 Å². The van der Waals surface area contributed by atoms with Gasteiger partial charge in [0.25, 0.3) is 0 Å². The van der Waals surface area contributed by atoms with E-state index in [4.69, 9.17) is 5.73 Å². The van der Waals surface area contributed by atoms with Gasteiger partial charge in [0.1, 0.15) is 11.6 Å². The molecule has 1 rings (SSSR count). The molecule has 0 saturated carbocycles. The Labute approximate surface area is 81.1 Å². The summed E-state index contributed by atoms with van der Waals surface area (Å²) in [4.78, 5) is 5.31. The monoisotopic (exact) mass is 231 g/mol. The Balaban J connectivity index is 2.91. The number of aromatic amines is 1. The van der Waals surface area contributed by atoms with Crippen molar-refractivity contribution < 1.29 is 0 Å². The van der Waals surface area contributed by atoms with Gasteiger partial charge in [-0.15, -0.1) is 0 Å². The molecule has 1 heterocycles. The molecule has 0 aliphatic carbocycles. The molecule has 0 unspecified atom stereocenters. The summed E-state index contributed by atoms with van der Waals surface area (Å²) in [5.74, 6) is 1.77. The van der Waals surface area contributed by atoms with E-state index in [1.807, 2.05) is 6.07 Å². The minimum Gasteiger partial charge on any atom is -0.385 e. The first-order chi connectivity index (χ1) is 5.69. The van der Waals surface area contributed by atoms with Crippen molar-refractivity contribution in [3.8, 4) is 0 Å². The standard InChI is InChI=1S/C8H14BrN3/c1-3-12(4-2)8-6(9)5-7(10)11-8/h5,11H,3-4,10H2,1-2H3. The first-order valence-corrected chi connectivity index (χ1v) is 4.87. The van der Waals surface area contributed by atoms with Crippen molar-refractivity contribution in [1.29, 1.82) is 0 Å². The van der Waals surface area contributed by atoms with Gasteiger partial charge in [0.2, 0.25) is 0 Å². The molecule has 1 aromatic heterocycles. The zero-order valence-corrected chi connectivity index (χ0v) is 8.98. The van der Waals surface area contributed by atoms with Crippen LogP contribution >= 0.6 is 15.9 Å². The van der Waals surface area contributed by atoms with Crippen LogP contribution < -0.4 is 10.6 Å². The van der Waals surface area contributed by atoms with Gasteiger partial charge in [0, 0.05) is 13.1 Å². The van der Waals surface area contributed by atoms with Gasteiger partial charge in [-0.2, -0.15) is 0 Å². The van der Waals surface area contributed by atoms with E-state index >= 15 is 0 Å². The van der Waals surface area contributed by atoms with E-state index in [-0.39, 0.29) is 0 Å². The molecule has 0 radical (unpaired) electrons. The SMILES string of the molecule is CCN(CC)c1[nH]c(N)cc1Br. The number of hydrogen-bond donors (Lipinski definition) is 2. The number of nitrogens with zero attached hydrogens (tertiary/aromatic N) is 1. The van der Waals surface area contributed by atoms with Crippen LogP contribution in [0.5, 0.6) is 0 Å². The average Bonchev–Trinajstić information content (AvgIpc) is 2.34. The summed E-state index contributed by atoms with van der Waals surface area (Å²) in [5, 5.41) is 0. The maximum atomic E-state index is 5.61. The van der Waals surface area contributed by atoms with Crippen LogP contribution in [0.4, 0.5) is 11.6 Å². The second-order valence-corrected chi connectivity index (χ2v) is 3.45. The summed E-state index contributed by atoms with van der Waals surface area (Å²) in [6.45, 7) is 6.20. The van der Waals surface area contributed by atoms with Crippen molar-refractivity contribution >= 4 is 27.6 Å². The Morgan fingerprint density at radius 1 is 1.50 bits per heavy atom. The highest BCUT2D eigenvalue weighted by Crippen LogP contribution is 2.27. The number of nitrogens with one attached hydrogen (secondary N) is 1. The van der Waals surface area contributed by atoms with E-state index in [0.717, 1.165) is 23.4 Å². The summed E-state index contributed by atoms with van der Waals surface area (Å²) >= 11 is 3.45. The molecule has 0 aromatic carbocycles. The topological polar surface area (TPSA) is 45.0 Å². The lowest BCUT2D eigenvalue weighted by atomic mass is 10.5. The van der Waals surface area contributed by atoms with Crippen LogP contribution in [0.25, 0.3) is 0 Å². The first kappa shape index (κ1) is 9.45. The Hall–Kier alpha value is -0.640. The van der Waals surface area contributed by atoms with Gasteiger partial charge in [-0.05, 0) is 35.8 Å². The Bertz CT molecular complexity index is 253. The summed E-state index contributed by atoms with van der Waals surface area (Å²) < 4.78 is 1.03. The van der Waals surface area contributed by atoms with Gasteiger partial charge >= 0.3 is 0 Å². The lowest BCUT2D eigenvalue weighted by Crippen LogP contribution is -2.22. The minimum absolute atomic E-state index is 0.698. The lowest BCUT2D eigenvalue weighted by Gasteiger charge is -2.19. The van der Waals surface area contributed by atoms with Crippen molar-refractivity contribution in [2.24, 2.45) is 0 Å². The second-order valence-electron chi connectivity index (χ2n) is 2.59. The first-order valence-electron chi connectivity index (χ1n) is 4.08. The summed E-state index contributed by atoms with van der Waals surface area (Å²) in [7, 11) is 0. The molecule has 1 aromatic rings. The molecule has 0 atom stereocenters. The largest absolute Gasteiger partial charge is 0.385 e. The third-order valence-corrected chi connectivity index (χ3v) is 2.46. The lowest BCUT2D eigenvalue weighted by molar-refractivity contribution is 0.849. The average molecular weight is 232 g/mol. The smallest absolute Gasteiger partial charge is 0.122 e. The molecule has 4 heteroatoms. The van der Waals surface area contributed by atoms with Gasteiger partial charge in [-0.3, -0.25) is 0 Å². The van der Waals surface area contributed by atoms with Gasteiger partial charge in [-0.1, -0.05) is 0 Å². The Morgan fingerprint density at radius 3 is 2.42 bits per heavy atom. The molecule has 0 aliphatic rings. The predicted molar refractivity (Wildman–Crippen MR) is 56.5 cm³/mol. The zero-order valence-electron chi connectivity index (χ0n) is 7.39. The van der Waals surface area contributed by atoms with E-state index in [9.17, 15) is 0 Å². The molecule has 3 N–H and O–H groups in total. The number of H-pyrrole nitrogens is 1. The van der Waals surface area contributed by atoms with Crippen LogP contribution in [-0.4, -0.2) is 18.1 Å². The number of halogens is 1. The van der Waals surface area contributed by atoms with E-state index in [2.05, 4.69) is 39.7 Å². The summed E-state index contributed by atoms with van der Waals surface area (Å²) in [6.07, 6.45) is 0. The van der Waals surface area contributed by atoms with Crippen LogP contribution in [0.1, 0.15) is 13.8 Å². The fraction of sp³-hybridized carbons (Fsp3) is 0.500. The van der Waals surface area contributed by atoms with Gasteiger partial charge in [-0.25, -0.2) is 0 Å². The third-order valence-electron chi connectivity index (χ3n) is 1.85. The highest BCUT2D eigenvalue weighted by atomic mass is 79.9. The van der Waals surface area contributed by atoms with Crippen molar-refractivity contribution in [1.82, 2.24) is 4.98 Å². The van der Waals surface area contributed by atoms with Gasteiger partial charge in [0.15, 0.2) is 0 Å². The van der Waals surface area contributed by atoms with Crippen molar-refractivity contribution in [2.75, 3.05) is 23.7 Å². The number of nitrogens with two attached hydrogens (primary N) is 1. The Morgan fingerprint density at radius 2 is 2.08 bits per heavy atom. The molecule has 68 valence electrons. The number of anilines is 2. The molecular formula is C8H14BrN3. The van der Waals surface area contributed by atoms with Gasteiger partial charge in [0.05, 0.1) is 4.47 Å². The summed E-state index contributed by atoms with van der Waals surface area (Å²) in [6, 6.07) is 1.88.